The molecule has 7 nitrogen and oxygen atoms in total. The number of nitrogens with zero attached hydrogens (tertiary/aromatic N) is 2. The first-order chi connectivity index (χ1) is 13.0. The van der Waals surface area contributed by atoms with Crippen LogP contribution >= 0.6 is 0 Å². The molecule has 0 saturated carbocycles. The van der Waals surface area contributed by atoms with Crippen LogP contribution in [-0.4, -0.2) is 34.2 Å². The number of hydrogen-bond acceptors (Lipinski definition) is 5. The van der Waals surface area contributed by atoms with Gasteiger partial charge in [0.1, 0.15) is 19.0 Å². The maximum absolute atomic E-state index is 12.4. The van der Waals surface area contributed by atoms with Gasteiger partial charge in [-0.2, -0.15) is 0 Å². The minimum atomic E-state index is -0.577. The van der Waals surface area contributed by atoms with E-state index < -0.39 is 6.09 Å². The second-order valence-corrected chi connectivity index (χ2v) is 6.16. The number of benzene rings is 1. The van der Waals surface area contributed by atoms with Gasteiger partial charge in [-0.25, -0.2) is 9.78 Å². The molecule has 0 bridgehead atoms. The third-order valence-corrected chi connectivity index (χ3v) is 3.92. The Labute approximate surface area is 156 Å². The lowest BCUT2D eigenvalue weighted by Crippen LogP contribution is -2.35. The second-order valence-electron chi connectivity index (χ2n) is 6.16. The number of nitrogens with one attached hydrogen (secondary N) is 1. The molecule has 0 aliphatic carbocycles. The highest BCUT2D eigenvalue weighted by atomic mass is 16.6. The molecule has 0 atom stereocenters. The van der Waals surface area contributed by atoms with E-state index in [0.717, 1.165) is 5.56 Å². The van der Waals surface area contributed by atoms with E-state index in [-0.39, 0.29) is 31.4 Å². The van der Waals surface area contributed by atoms with E-state index in [0.29, 0.717) is 16.9 Å². The molecule has 7 heteroatoms. The number of anilines is 1. The van der Waals surface area contributed by atoms with Crippen molar-refractivity contribution in [3.05, 3.63) is 65.4 Å². The molecule has 27 heavy (non-hydrogen) atoms. The van der Waals surface area contributed by atoms with Gasteiger partial charge in [0.15, 0.2) is 5.78 Å². The summed E-state index contributed by atoms with van der Waals surface area (Å²) in [7, 11) is 0. The first-order valence-corrected chi connectivity index (χ1v) is 8.44. The van der Waals surface area contributed by atoms with Gasteiger partial charge in [-0.1, -0.05) is 30.3 Å². The molecule has 1 aliphatic heterocycles. The Hall–Kier alpha value is -3.48. The van der Waals surface area contributed by atoms with E-state index in [2.05, 4.69) is 10.3 Å². The topological polar surface area (TPSA) is 88.6 Å². The lowest BCUT2D eigenvalue weighted by atomic mass is 10.1. The van der Waals surface area contributed by atoms with Crippen molar-refractivity contribution in [1.82, 2.24) is 9.88 Å². The Morgan fingerprint density at radius 2 is 2.04 bits per heavy atom. The van der Waals surface area contributed by atoms with Gasteiger partial charge in [-0.3, -0.25) is 14.5 Å². The minimum Gasteiger partial charge on any atom is -0.445 e. The molecule has 0 unspecified atom stereocenters. The lowest BCUT2D eigenvalue weighted by molar-refractivity contribution is -0.117. The zero-order valence-electron chi connectivity index (χ0n) is 14.8. The Balaban J connectivity index is 1.74. The van der Waals surface area contributed by atoms with Gasteiger partial charge >= 0.3 is 6.09 Å². The molecule has 2 aromatic rings. The first-order valence-electron chi connectivity index (χ1n) is 8.44. The fourth-order valence-corrected chi connectivity index (χ4v) is 2.61. The van der Waals surface area contributed by atoms with Gasteiger partial charge in [0.05, 0.1) is 6.54 Å². The predicted molar refractivity (Wildman–Crippen MR) is 99.6 cm³/mol. The van der Waals surface area contributed by atoms with E-state index >= 15 is 0 Å². The highest BCUT2D eigenvalue weighted by Gasteiger charge is 2.25. The van der Waals surface area contributed by atoms with Gasteiger partial charge in [-0.05, 0) is 36.3 Å². The number of carbonyl (C=O) groups is 3. The molecule has 1 aromatic heterocycles. The number of allylic oxidation sites excluding steroid dienone is 1. The van der Waals surface area contributed by atoms with E-state index in [1.165, 1.54) is 17.9 Å². The monoisotopic (exact) mass is 365 g/mol. The number of ether oxygens (including phenoxy) is 1. The van der Waals surface area contributed by atoms with Gasteiger partial charge in [0.25, 0.3) is 0 Å². The van der Waals surface area contributed by atoms with Crippen molar-refractivity contribution in [2.75, 3.05) is 11.9 Å². The van der Waals surface area contributed by atoms with E-state index in [4.69, 9.17) is 4.74 Å². The maximum Gasteiger partial charge on any atom is 0.410 e. The molecule has 1 aromatic carbocycles. The molecule has 138 valence electrons. The number of ketones is 1. The van der Waals surface area contributed by atoms with Crippen molar-refractivity contribution in [3.63, 3.8) is 0 Å². The number of fused-ring (bicyclic) bond motifs is 1. The fraction of sp³-hybridized carbons (Fsp3) is 0.200. The quantitative estimate of drug-likeness (QED) is 0.842. The molecule has 2 amide bonds. The maximum atomic E-state index is 12.4. The van der Waals surface area contributed by atoms with Crippen LogP contribution < -0.4 is 5.32 Å². The molecule has 2 heterocycles. The number of aromatic nitrogens is 1. The van der Waals surface area contributed by atoms with Gasteiger partial charge in [-0.15, -0.1) is 0 Å². The van der Waals surface area contributed by atoms with Crippen LogP contribution in [0.1, 0.15) is 23.6 Å². The Bertz CT molecular complexity index is 893. The number of pyridine rings is 1. The summed E-state index contributed by atoms with van der Waals surface area (Å²) in [5.74, 6) is -0.0207. The van der Waals surface area contributed by atoms with Gasteiger partial charge in [0.2, 0.25) is 5.91 Å². The SMILES string of the molecule is CC(=O)/C=C/c1cnc2c(c1)CN(C(=O)OCc1ccccc1)CC(=O)N2. The van der Waals surface area contributed by atoms with Crippen molar-refractivity contribution < 1.29 is 19.1 Å². The summed E-state index contributed by atoms with van der Waals surface area (Å²) in [5, 5.41) is 2.68. The second kappa shape index (κ2) is 8.27. The van der Waals surface area contributed by atoms with Crippen LogP contribution in [0.2, 0.25) is 0 Å². The molecule has 1 aliphatic rings. The summed E-state index contributed by atoms with van der Waals surface area (Å²) < 4.78 is 5.32. The van der Waals surface area contributed by atoms with E-state index in [1.54, 1.807) is 18.3 Å². The van der Waals surface area contributed by atoms with Crippen molar-refractivity contribution in [3.8, 4) is 0 Å². The normalized spacial score (nSPS) is 13.7. The summed E-state index contributed by atoms with van der Waals surface area (Å²) in [6, 6.07) is 11.1. The highest BCUT2D eigenvalue weighted by molar-refractivity contribution is 5.95. The molecule has 3 rings (SSSR count). The molecule has 0 spiro atoms. The third kappa shape index (κ3) is 5.01. The van der Waals surface area contributed by atoms with Gasteiger partial charge in [0, 0.05) is 11.8 Å². The fourth-order valence-electron chi connectivity index (χ4n) is 2.61. The summed E-state index contributed by atoms with van der Waals surface area (Å²) >= 11 is 0. The molecule has 0 saturated heterocycles. The van der Waals surface area contributed by atoms with Crippen molar-refractivity contribution in [1.29, 1.82) is 0 Å². The van der Waals surface area contributed by atoms with E-state index in [1.807, 2.05) is 30.3 Å². The zero-order chi connectivity index (χ0) is 19.2. The van der Waals surface area contributed by atoms with Crippen molar-refractivity contribution in [2.24, 2.45) is 0 Å². The largest absolute Gasteiger partial charge is 0.445 e. The van der Waals surface area contributed by atoms with Crippen LogP contribution in [0, 0.1) is 0 Å². The van der Waals surface area contributed by atoms with Crippen LogP contribution in [0.3, 0.4) is 0 Å². The van der Waals surface area contributed by atoms with E-state index in [9.17, 15) is 14.4 Å². The van der Waals surface area contributed by atoms with Crippen LogP contribution in [0.4, 0.5) is 10.6 Å². The summed E-state index contributed by atoms with van der Waals surface area (Å²) in [6.45, 7) is 1.64. The number of amides is 2. The van der Waals surface area contributed by atoms with Crippen LogP contribution in [0.15, 0.2) is 48.7 Å². The summed E-state index contributed by atoms with van der Waals surface area (Å²) in [4.78, 5) is 41.1. The summed E-state index contributed by atoms with van der Waals surface area (Å²) in [6.07, 6.45) is 4.05. The molecule has 1 N–H and O–H groups in total. The standard InChI is InChI=1S/C20H19N3O4/c1-14(24)7-8-16-9-17-11-23(12-18(25)22-19(17)21-10-16)20(26)27-13-15-5-3-2-4-6-15/h2-10H,11-13H2,1H3,(H,21,22,25)/b8-7+. The summed E-state index contributed by atoms with van der Waals surface area (Å²) in [5.41, 5.74) is 2.24. The minimum absolute atomic E-state index is 0.0793. The predicted octanol–water partition coefficient (Wildman–Crippen LogP) is 2.77. The smallest absolute Gasteiger partial charge is 0.410 e. The van der Waals surface area contributed by atoms with Crippen LogP contribution in [0.25, 0.3) is 6.08 Å². The Morgan fingerprint density at radius 1 is 1.26 bits per heavy atom. The van der Waals surface area contributed by atoms with Gasteiger partial charge < -0.3 is 10.1 Å². The highest BCUT2D eigenvalue weighted by Crippen LogP contribution is 2.21. The van der Waals surface area contributed by atoms with Crippen LogP contribution in [0.5, 0.6) is 0 Å². The molecular weight excluding hydrogens is 346 g/mol. The van der Waals surface area contributed by atoms with Crippen molar-refractivity contribution >= 4 is 29.7 Å². The molecule has 0 radical (unpaired) electrons. The zero-order valence-corrected chi connectivity index (χ0v) is 14.8. The Kier molecular flexibility index (Phi) is 5.61. The van der Waals surface area contributed by atoms with Crippen LogP contribution in [-0.2, 0) is 27.5 Å². The number of hydrogen-bond donors (Lipinski definition) is 1. The molecular formula is C20H19N3O4. The number of rotatable bonds is 4. The first kappa shape index (κ1) is 18.3. The third-order valence-electron chi connectivity index (χ3n) is 3.92. The molecule has 0 fully saturated rings. The average molecular weight is 365 g/mol. The average Bonchev–Trinajstić information content (AvgIpc) is 2.83. The Morgan fingerprint density at radius 3 is 2.78 bits per heavy atom. The number of carbonyl (C=O) groups excluding carboxylic acids is 3. The van der Waals surface area contributed by atoms with Crippen molar-refractivity contribution in [2.45, 2.75) is 20.1 Å². The lowest BCUT2D eigenvalue weighted by Gasteiger charge is -2.19.